The molecule has 4 heterocycles. The molecule has 8 heteroatoms. The number of carbonyl (C=O) groups excluding carboxylic acids is 2. The first-order chi connectivity index (χ1) is 13.0. The quantitative estimate of drug-likeness (QED) is 0.552. The molecule has 154 valence electrons. The number of aliphatic hydroxyl groups excluding tert-OH is 2. The third kappa shape index (κ3) is 1.35. The molecule has 4 aliphatic heterocycles. The Kier molecular flexibility index (Phi) is 2.88. The van der Waals surface area contributed by atoms with Gasteiger partial charge in [-0.05, 0) is 11.3 Å². The molecule has 0 amide bonds. The van der Waals surface area contributed by atoms with Crippen LogP contribution in [0.3, 0.4) is 0 Å². The summed E-state index contributed by atoms with van der Waals surface area (Å²) in [6, 6.07) is 0. The first-order valence-electron chi connectivity index (χ1n) is 10.1. The molecule has 2 aliphatic carbocycles. The highest BCUT2D eigenvalue weighted by molar-refractivity contribution is 5.89. The maximum atomic E-state index is 13.3. The van der Waals surface area contributed by atoms with E-state index in [9.17, 15) is 19.8 Å². The van der Waals surface area contributed by atoms with Gasteiger partial charge in [-0.1, -0.05) is 27.7 Å². The van der Waals surface area contributed by atoms with Crippen LogP contribution >= 0.6 is 0 Å². The van der Waals surface area contributed by atoms with E-state index in [1.807, 2.05) is 27.7 Å². The van der Waals surface area contributed by atoms with E-state index in [-0.39, 0.29) is 12.3 Å². The number of hydrogen-bond acceptors (Lipinski definition) is 8. The van der Waals surface area contributed by atoms with Crippen molar-refractivity contribution < 1.29 is 38.7 Å². The van der Waals surface area contributed by atoms with Gasteiger partial charge in [-0.15, -0.1) is 0 Å². The van der Waals surface area contributed by atoms with Gasteiger partial charge in [0.1, 0.15) is 6.10 Å². The van der Waals surface area contributed by atoms with Crippen molar-refractivity contribution in [1.82, 2.24) is 0 Å². The normalized spacial score (nSPS) is 61.1. The van der Waals surface area contributed by atoms with Crippen molar-refractivity contribution in [3.8, 4) is 0 Å². The number of rotatable bonds is 0. The number of fused-ring (bicyclic) bond motifs is 1. The zero-order valence-corrected chi connectivity index (χ0v) is 16.4. The summed E-state index contributed by atoms with van der Waals surface area (Å²) >= 11 is 0. The lowest BCUT2D eigenvalue weighted by molar-refractivity contribution is -0.207. The smallest absolute Gasteiger partial charge is 0.340 e. The Morgan fingerprint density at radius 1 is 1.14 bits per heavy atom. The van der Waals surface area contributed by atoms with Crippen LogP contribution in [0.15, 0.2) is 0 Å². The van der Waals surface area contributed by atoms with Crippen LogP contribution in [-0.4, -0.2) is 65.1 Å². The predicted molar refractivity (Wildman–Crippen MR) is 90.4 cm³/mol. The summed E-state index contributed by atoms with van der Waals surface area (Å²) in [5, 5.41) is 23.1. The van der Waals surface area contributed by atoms with E-state index in [0.717, 1.165) is 0 Å². The van der Waals surface area contributed by atoms with Crippen LogP contribution in [0, 0.1) is 34.0 Å². The Morgan fingerprint density at radius 2 is 1.86 bits per heavy atom. The largest absolute Gasteiger partial charge is 0.457 e. The van der Waals surface area contributed by atoms with E-state index in [0.29, 0.717) is 6.61 Å². The minimum Gasteiger partial charge on any atom is -0.457 e. The van der Waals surface area contributed by atoms with Crippen LogP contribution < -0.4 is 0 Å². The SMILES string of the molecule is CC1COC2C1C13OC4OC(=O)CC45[C@H](C(C)(C)C)[C@@H](O)C(OC1=O)C35C2O. The lowest BCUT2D eigenvalue weighted by Crippen LogP contribution is -2.59. The first-order valence-corrected chi connectivity index (χ1v) is 10.1. The summed E-state index contributed by atoms with van der Waals surface area (Å²) in [4.78, 5) is 25.8. The second-order valence-electron chi connectivity index (χ2n) is 10.7. The molecule has 0 aromatic heterocycles. The first kappa shape index (κ1) is 17.6. The van der Waals surface area contributed by atoms with Gasteiger partial charge in [-0.3, -0.25) is 4.79 Å². The summed E-state index contributed by atoms with van der Waals surface area (Å²) < 4.78 is 23.7. The van der Waals surface area contributed by atoms with E-state index in [2.05, 4.69) is 0 Å². The van der Waals surface area contributed by atoms with Crippen molar-refractivity contribution in [3.63, 3.8) is 0 Å². The lowest BCUT2D eigenvalue weighted by atomic mass is 9.52. The Balaban J connectivity index is 1.69. The third-order valence-corrected chi connectivity index (χ3v) is 8.67. The molecule has 4 saturated heterocycles. The maximum absolute atomic E-state index is 13.3. The molecular weight excluding hydrogens is 368 g/mol. The molecule has 0 radical (unpaired) electrons. The standard InChI is InChI=1S/C20H26O8/c1-7-6-25-11-9(7)20-15(24)27-14-10(22)12(17(2,3)4)18(19(14,20)13(11)23)5-8(21)26-16(18)28-20/h7,9-14,16,22-23H,5-6H2,1-4H3/t7?,9?,10-,11?,12+,13?,14?,16?,18?,19?,20?/m1/s1. The minimum absolute atomic E-state index is 0.0174. The molecule has 28 heavy (non-hydrogen) atoms. The van der Waals surface area contributed by atoms with Crippen LogP contribution in [0.1, 0.15) is 34.1 Å². The Hall–Kier alpha value is -1.22. The van der Waals surface area contributed by atoms with Crippen molar-refractivity contribution in [1.29, 1.82) is 0 Å². The van der Waals surface area contributed by atoms with Gasteiger partial charge in [-0.25, -0.2) is 4.79 Å². The predicted octanol–water partition coefficient (Wildman–Crippen LogP) is -0.0110. The highest BCUT2D eigenvalue weighted by Crippen LogP contribution is 2.83. The number of hydrogen-bond donors (Lipinski definition) is 2. The summed E-state index contributed by atoms with van der Waals surface area (Å²) in [5.41, 5.74) is -4.23. The van der Waals surface area contributed by atoms with E-state index >= 15 is 0 Å². The summed E-state index contributed by atoms with van der Waals surface area (Å²) in [7, 11) is 0. The summed E-state index contributed by atoms with van der Waals surface area (Å²) in [6.45, 7) is 8.33. The molecule has 6 fully saturated rings. The minimum atomic E-state index is -1.47. The fourth-order valence-electron chi connectivity index (χ4n) is 8.40. The Bertz CT molecular complexity index is 805. The lowest BCUT2D eigenvalue weighted by Gasteiger charge is -2.46. The average Bonchev–Trinajstić information content (AvgIpc) is 3.30. The van der Waals surface area contributed by atoms with Crippen molar-refractivity contribution in [2.45, 2.75) is 70.4 Å². The van der Waals surface area contributed by atoms with E-state index < -0.39 is 76.3 Å². The maximum Gasteiger partial charge on any atom is 0.340 e. The second-order valence-corrected chi connectivity index (χ2v) is 10.7. The zero-order chi connectivity index (χ0) is 20.0. The number of aliphatic hydroxyl groups is 2. The molecule has 0 aromatic rings. The van der Waals surface area contributed by atoms with Gasteiger partial charge >= 0.3 is 11.9 Å². The molecule has 0 bridgehead atoms. The van der Waals surface area contributed by atoms with Crippen molar-refractivity contribution >= 4 is 11.9 Å². The van der Waals surface area contributed by atoms with Gasteiger partial charge in [0.25, 0.3) is 0 Å². The van der Waals surface area contributed by atoms with Crippen LogP contribution in [0.2, 0.25) is 0 Å². The molecule has 0 aromatic carbocycles. The molecule has 9 unspecified atom stereocenters. The Labute approximate surface area is 162 Å². The van der Waals surface area contributed by atoms with E-state index in [4.69, 9.17) is 18.9 Å². The highest BCUT2D eigenvalue weighted by atomic mass is 16.7. The molecule has 11 atom stereocenters. The monoisotopic (exact) mass is 394 g/mol. The summed E-state index contributed by atoms with van der Waals surface area (Å²) in [6.07, 6.45) is -4.68. The van der Waals surface area contributed by atoms with Crippen molar-refractivity contribution in [2.75, 3.05) is 6.61 Å². The van der Waals surface area contributed by atoms with Gasteiger partial charge in [0.15, 0.2) is 5.60 Å². The van der Waals surface area contributed by atoms with E-state index in [1.165, 1.54) is 0 Å². The van der Waals surface area contributed by atoms with Gasteiger partial charge < -0.3 is 29.2 Å². The molecular formula is C20H26O8. The second kappa shape index (κ2) is 4.58. The van der Waals surface area contributed by atoms with Crippen LogP contribution in [0.5, 0.6) is 0 Å². The molecule has 2 N–H and O–H groups in total. The van der Waals surface area contributed by atoms with Crippen molar-refractivity contribution in [3.05, 3.63) is 0 Å². The molecule has 6 rings (SSSR count). The van der Waals surface area contributed by atoms with Gasteiger partial charge in [-0.2, -0.15) is 0 Å². The van der Waals surface area contributed by atoms with Crippen LogP contribution in [-0.2, 0) is 28.5 Å². The van der Waals surface area contributed by atoms with Gasteiger partial charge in [0.05, 0.1) is 42.2 Å². The zero-order valence-electron chi connectivity index (χ0n) is 16.4. The molecule has 6 aliphatic rings. The third-order valence-electron chi connectivity index (χ3n) is 8.67. The fourth-order valence-corrected chi connectivity index (χ4v) is 8.40. The fraction of sp³-hybridized carbons (Fsp3) is 0.900. The van der Waals surface area contributed by atoms with E-state index in [1.54, 1.807) is 0 Å². The Morgan fingerprint density at radius 3 is 2.54 bits per heavy atom. The number of ether oxygens (including phenoxy) is 4. The average molecular weight is 394 g/mol. The van der Waals surface area contributed by atoms with Crippen molar-refractivity contribution in [2.24, 2.45) is 34.0 Å². The molecule has 2 spiro atoms. The molecule has 8 nitrogen and oxygen atoms in total. The molecule has 2 saturated carbocycles. The topological polar surface area (TPSA) is 112 Å². The summed E-state index contributed by atoms with van der Waals surface area (Å²) in [5.74, 6) is -1.92. The van der Waals surface area contributed by atoms with Gasteiger partial charge in [0, 0.05) is 11.8 Å². The van der Waals surface area contributed by atoms with Gasteiger partial charge in [0.2, 0.25) is 6.29 Å². The van der Waals surface area contributed by atoms with Crippen LogP contribution in [0.25, 0.3) is 0 Å². The number of carbonyl (C=O) groups is 2. The number of esters is 2. The highest BCUT2D eigenvalue weighted by Gasteiger charge is 2.99. The van der Waals surface area contributed by atoms with Crippen LogP contribution in [0.4, 0.5) is 0 Å².